The van der Waals surface area contributed by atoms with Crippen molar-refractivity contribution in [2.45, 2.75) is 65.3 Å². The highest BCUT2D eigenvalue weighted by Crippen LogP contribution is 2.11. The first-order chi connectivity index (χ1) is 7.65. The van der Waals surface area contributed by atoms with Gasteiger partial charge in [-0.25, -0.2) is 0 Å². The van der Waals surface area contributed by atoms with Crippen LogP contribution in [-0.4, -0.2) is 35.1 Å². The Kier molecular flexibility index (Phi) is 9.30. The lowest BCUT2D eigenvalue weighted by molar-refractivity contribution is -0.138. The number of carbonyl (C=O) groups is 1. The number of hydrogen-bond acceptors (Lipinski definition) is 2. The molecule has 0 bridgehead atoms. The quantitative estimate of drug-likeness (QED) is 0.625. The summed E-state index contributed by atoms with van der Waals surface area (Å²) in [6.07, 6.45) is 5.89. The maximum Gasteiger partial charge on any atom is 0.304 e. The van der Waals surface area contributed by atoms with E-state index in [1.807, 2.05) is 0 Å². The fraction of sp³-hybridized carbons (Fsp3) is 0.923. The standard InChI is InChI=1S/C13H27NO2/c1-4-7-9-14(10-8-5-2)12(6-3)11-13(15)16/h12H,4-11H2,1-3H3,(H,15,16). The number of rotatable bonds is 10. The van der Waals surface area contributed by atoms with Crippen LogP contribution < -0.4 is 0 Å². The highest BCUT2D eigenvalue weighted by molar-refractivity contribution is 5.67. The second-order valence-electron chi connectivity index (χ2n) is 4.40. The van der Waals surface area contributed by atoms with Crippen molar-refractivity contribution in [2.75, 3.05) is 13.1 Å². The molecule has 0 aromatic rings. The topological polar surface area (TPSA) is 40.5 Å². The minimum absolute atomic E-state index is 0.218. The van der Waals surface area contributed by atoms with Crippen LogP contribution in [0.2, 0.25) is 0 Å². The van der Waals surface area contributed by atoms with E-state index >= 15 is 0 Å². The number of aliphatic carboxylic acids is 1. The van der Waals surface area contributed by atoms with Gasteiger partial charge in [0.15, 0.2) is 0 Å². The van der Waals surface area contributed by atoms with Crippen LogP contribution in [0.25, 0.3) is 0 Å². The van der Waals surface area contributed by atoms with Gasteiger partial charge < -0.3 is 5.11 Å². The predicted octanol–water partition coefficient (Wildman–Crippen LogP) is 3.14. The number of carboxylic acid groups (broad SMARTS) is 1. The monoisotopic (exact) mass is 229 g/mol. The van der Waals surface area contributed by atoms with Gasteiger partial charge in [0.25, 0.3) is 0 Å². The molecule has 16 heavy (non-hydrogen) atoms. The molecule has 0 saturated heterocycles. The molecule has 0 amide bonds. The van der Waals surface area contributed by atoms with Gasteiger partial charge in [0.2, 0.25) is 0 Å². The normalized spacial score (nSPS) is 13.0. The fourth-order valence-corrected chi connectivity index (χ4v) is 1.93. The van der Waals surface area contributed by atoms with Crippen LogP contribution in [0, 0.1) is 0 Å². The molecule has 0 rings (SSSR count). The zero-order chi connectivity index (χ0) is 12.4. The van der Waals surface area contributed by atoms with Gasteiger partial charge in [-0.3, -0.25) is 9.69 Å². The van der Waals surface area contributed by atoms with E-state index in [4.69, 9.17) is 5.11 Å². The Balaban J connectivity index is 4.23. The molecule has 1 atom stereocenters. The van der Waals surface area contributed by atoms with Crippen molar-refractivity contribution in [3.8, 4) is 0 Å². The van der Waals surface area contributed by atoms with E-state index in [1.165, 1.54) is 25.7 Å². The predicted molar refractivity (Wildman–Crippen MR) is 67.7 cm³/mol. The van der Waals surface area contributed by atoms with E-state index in [1.54, 1.807) is 0 Å². The lowest BCUT2D eigenvalue weighted by atomic mass is 10.1. The van der Waals surface area contributed by atoms with Gasteiger partial charge >= 0.3 is 5.97 Å². The third kappa shape index (κ3) is 6.83. The van der Waals surface area contributed by atoms with Crippen LogP contribution in [0.15, 0.2) is 0 Å². The number of carboxylic acids is 1. The minimum atomic E-state index is -0.676. The number of nitrogens with zero attached hydrogens (tertiary/aromatic N) is 1. The fourth-order valence-electron chi connectivity index (χ4n) is 1.93. The highest BCUT2D eigenvalue weighted by Gasteiger charge is 2.18. The summed E-state index contributed by atoms with van der Waals surface area (Å²) in [4.78, 5) is 13.2. The van der Waals surface area contributed by atoms with Gasteiger partial charge in [-0.15, -0.1) is 0 Å². The maximum atomic E-state index is 10.8. The molecule has 0 spiro atoms. The number of unbranched alkanes of at least 4 members (excludes halogenated alkanes) is 2. The molecule has 0 aliphatic heterocycles. The Morgan fingerprint density at radius 2 is 1.62 bits per heavy atom. The van der Waals surface area contributed by atoms with E-state index in [2.05, 4.69) is 25.7 Å². The van der Waals surface area contributed by atoms with Crippen molar-refractivity contribution < 1.29 is 9.90 Å². The Labute approximate surface area is 99.8 Å². The average molecular weight is 229 g/mol. The van der Waals surface area contributed by atoms with Crippen LogP contribution in [0.1, 0.15) is 59.3 Å². The molecular weight excluding hydrogens is 202 g/mol. The first-order valence-corrected chi connectivity index (χ1v) is 6.61. The van der Waals surface area contributed by atoms with Gasteiger partial charge in [0, 0.05) is 6.04 Å². The molecule has 0 aromatic heterocycles. The summed E-state index contributed by atoms with van der Waals surface area (Å²) in [5.74, 6) is -0.676. The third-order valence-corrected chi connectivity index (χ3v) is 3.00. The molecule has 0 saturated carbocycles. The van der Waals surface area contributed by atoms with Crippen LogP contribution in [0.4, 0.5) is 0 Å². The molecular formula is C13H27NO2. The molecule has 0 aliphatic rings. The van der Waals surface area contributed by atoms with Gasteiger partial charge in [-0.05, 0) is 32.4 Å². The lowest BCUT2D eigenvalue weighted by Crippen LogP contribution is -2.38. The van der Waals surface area contributed by atoms with E-state index in [9.17, 15) is 4.79 Å². The summed E-state index contributed by atoms with van der Waals surface area (Å²) < 4.78 is 0. The molecule has 0 fully saturated rings. The zero-order valence-electron chi connectivity index (χ0n) is 11.0. The molecule has 1 unspecified atom stereocenters. The largest absolute Gasteiger partial charge is 0.481 e. The average Bonchev–Trinajstić information content (AvgIpc) is 2.26. The first kappa shape index (κ1) is 15.4. The maximum absolute atomic E-state index is 10.8. The Bertz CT molecular complexity index is 175. The van der Waals surface area contributed by atoms with Gasteiger partial charge in [-0.1, -0.05) is 33.6 Å². The Hall–Kier alpha value is -0.570. The lowest BCUT2D eigenvalue weighted by Gasteiger charge is -2.30. The Morgan fingerprint density at radius 1 is 1.12 bits per heavy atom. The number of hydrogen-bond donors (Lipinski definition) is 1. The van der Waals surface area contributed by atoms with E-state index < -0.39 is 5.97 Å². The second-order valence-corrected chi connectivity index (χ2v) is 4.40. The van der Waals surface area contributed by atoms with Gasteiger partial charge in [0.05, 0.1) is 6.42 Å². The van der Waals surface area contributed by atoms with Crippen LogP contribution in [0.5, 0.6) is 0 Å². The molecule has 0 heterocycles. The minimum Gasteiger partial charge on any atom is -0.481 e. The molecule has 3 heteroatoms. The van der Waals surface area contributed by atoms with E-state index in [0.717, 1.165) is 19.5 Å². The summed E-state index contributed by atoms with van der Waals surface area (Å²) in [5.41, 5.74) is 0. The van der Waals surface area contributed by atoms with E-state index in [-0.39, 0.29) is 12.5 Å². The van der Waals surface area contributed by atoms with Crippen molar-refractivity contribution in [1.82, 2.24) is 4.90 Å². The second kappa shape index (κ2) is 9.64. The Morgan fingerprint density at radius 3 is 1.94 bits per heavy atom. The van der Waals surface area contributed by atoms with Gasteiger partial charge in [0.1, 0.15) is 0 Å². The molecule has 1 N–H and O–H groups in total. The van der Waals surface area contributed by atoms with Gasteiger partial charge in [-0.2, -0.15) is 0 Å². The molecule has 0 aromatic carbocycles. The SMILES string of the molecule is CCCCN(CCCC)C(CC)CC(=O)O. The third-order valence-electron chi connectivity index (χ3n) is 3.00. The smallest absolute Gasteiger partial charge is 0.304 e. The van der Waals surface area contributed by atoms with Crippen LogP contribution in [-0.2, 0) is 4.79 Å². The highest BCUT2D eigenvalue weighted by atomic mass is 16.4. The molecule has 96 valence electrons. The summed E-state index contributed by atoms with van der Waals surface area (Å²) >= 11 is 0. The van der Waals surface area contributed by atoms with Crippen LogP contribution >= 0.6 is 0 Å². The molecule has 3 nitrogen and oxygen atoms in total. The summed E-state index contributed by atoms with van der Waals surface area (Å²) in [6, 6.07) is 0.218. The van der Waals surface area contributed by atoms with Crippen molar-refractivity contribution in [3.05, 3.63) is 0 Å². The van der Waals surface area contributed by atoms with Crippen LogP contribution in [0.3, 0.4) is 0 Å². The zero-order valence-corrected chi connectivity index (χ0v) is 11.0. The summed E-state index contributed by atoms with van der Waals surface area (Å²) in [5, 5.41) is 8.89. The van der Waals surface area contributed by atoms with Crippen molar-refractivity contribution in [1.29, 1.82) is 0 Å². The molecule has 0 radical (unpaired) electrons. The first-order valence-electron chi connectivity index (χ1n) is 6.61. The molecule has 0 aliphatic carbocycles. The summed E-state index contributed by atoms with van der Waals surface area (Å²) in [7, 11) is 0. The van der Waals surface area contributed by atoms with Crippen molar-refractivity contribution in [2.24, 2.45) is 0 Å². The summed E-state index contributed by atoms with van der Waals surface area (Å²) in [6.45, 7) is 8.52. The van der Waals surface area contributed by atoms with E-state index in [0.29, 0.717) is 0 Å². The van der Waals surface area contributed by atoms with Crippen molar-refractivity contribution >= 4 is 5.97 Å². The van der Waals surface area contributed by atoms with Crippen molar-refractivity contribution in [3.63, 3.8) is 0 Å².